The van der Waals surface area contributed by atoms with E-state index in [0.29, 0.717) is 33.6 Å². The highest BCUT2D eigenvalue weighted by atomic mass is 16.5. The second kappa shape index (κ2) is 8.53. The van der Waals surface area contributed by atoms with Crippen molar-refractivity contribution >= 4 is 11.6 Å². The quantitative estimate of drug-likeness (QED) is 0.422. The lowest BCUT2D eigenvalue weighted by molar-refractivity contribution is 0.103. The molecule has 146 valence electrons. The molecule has 0 saturated carbocycles. The van der Waals surface area contributed by atoms with Crippen LogP contribution >= 0.6 is 0 Å². The van der Waals surface area contributed by atoms with E-state index in [4.69, 9.17) is 4.74 Å². The van der Waals surface area contributed by atoms with Crippen molar-refractivity contribution in [3.63, 3.8) is 0 Å². The lowest BCUT2D eigenvalue weighted by atomic mass is 9.89. The predicted octanol–water partition coefficient (Wildman–Crippen LogP) is 5.22. The van der Waals surface area contributed by atoms with Crippen LogP contribution in [-0.2, 0) is 0 Å². The van der Waals surface area contributed by atoms with E-state index in [1.54, 1.807) is 31.4 Å². The molecule has 4 rings (SSSR count). The summed E-state index contributed by atoms with van der Waals surface area (Å²) < 4.78 is 5.25. The van der Waals surface area contributed by atoms with Gasteiger partial charge >= 0.3 is 0 Å². The van der Waals surface area contributed by atoms with Crippen LogP contribution in [0.15, 0.2) is 97.3 Å². The number of carbonyl (C=O) groups excluding carboxylic acids is 2. The van der Waals surface area contributed by atoms with Gasteiger partial charge in [0.25, 0.3) is 0 Å². The molecule has 0 saturated heterocycles. The maximum Gasteiger partial charge on any atom is 0.195 e. The molecular formula is C26H19NO3. The van der Waals surface area contributed by atoms with Gasteiger partial charge in [0.2, 0.25) is 0 Å². The maximum atomic E-state index is 13.3. The number of aromatic nitrogens is 1. The van der Waals surface area contributed by atoms with E-state index in [1.807, 2.05) is 60.7 Å². The second-order valence-electron chi connectivity index (χ2n) is 6.73. The van der Waals surface area contributed by atoms with Crippen molar-refractivity contribution in [2.24, 2.45) is 0 Å². The Morgan fingerprint density at radius 3 is 1.57 bits per heavy atom. The SMILES string of the molecule is COc1ccc(-c2c(C(=O)c3ccccc3)cncc2C(=O)c2ccccc2)cc1. The Morgan fingerprint density at radius 1 is 0.667 bits per heavy atom. The lowest BCUT2D eigenvalue weighted by Crippen LogP contribution is -2.11. The number of carbonyl (C=O) groups is 2. The Hall–Kier alpha value is -4.05. The van der Waals surface area contributed by atoms with Gasteiger partial charge in [-0.25, -0.2) is 0 Å². The molecule has 1 aromatic heterocycles. The minimum Gasteiger partial charge on any atom is -0.497 e. The zero-order valence-electron chi connectivity index (χ0n) is 16.4. The summed E-state index contributed by atoms with van der Waals surface area (Å²) in [6, 6.07) is 25.3. The number of hydrogen-bond acceptors (Lipinski definition) is 4. The van der Waals surface area contributed by atoms with Crippen molar-refractivity contribution in [2.45, 2.75) is 0 Å². The molecule has 3 aromatic carbocycles. The number of benzene rings is 3. The minimum absolute atomic E-state index is 0.184. The van der Waals surface area contributed by atoms with Crippen molar-refractivity contribution in [2.75, 3.05) is 7.11 Å². The van der Waals surface area contributed by atoms with Gasteiger partial charge in [-0.15, -0.1) is 0 Å². The van der Waals surface area contributed by atoms with Gasteiger partial charge in [0.1, 0.15) is 5.75 Å². The number of methoxy groups -OCH3 is 1. The largest absolute Gasteiger partial charge is 0.497 e. The number of ether oxygens (including phenoxy) is 1. The van der Waals surface area contributed by atoms with Crippen LogP contribution in [0.3, 0.4) is 0 Å². The van der Waals surface area contributed by atoms with Crippen LogP contribution in [0.2, 0.25) is 0 Å². The molecular weight excluding hydrogens is 374 g/mol. The van der Waals surface area contributed by atoms with Gasteiger partial charge in [-0.05, 0) is 17.7 Å². The summed E-state index contributed by atoms with van der Waals surface area (Å²) in [4.78, 5) is 30.8. The average molecular weight is 393 g/mol. The summed E-state index contributed by atoms with van der Waals surface area (Å²) in [5.41, 5.74) is 3.16. The third kappa shape index (κ3) is 3.76. The van der Waals surface area contributed by atoms with Crippen LogP contribution in [0, 0.1) is 0 Å². The molecule has 4 aromatic rings. The summed E-state index contributed by atoms with van der Waals surface area (Å²) in [6.07, 6.45) is 3.05. The number of ketones is 2. The third-order valence-corrected chi connectivity index (χ3v) is 4.89. The van der Waals surface area contributed by atoms with Crippen LogP contribution in [0.4, 0.5) is 0 Å². The van der Waals surface area contributed by atoms with Gasteiger partial charge in [0, 0.05) is 40.2 Å². The predicted molar refractivity (Wildman–Crippen MR) is 116 cm³/mol. The fraction of sp³-hybridized carbons (Fsp3) is 0.0385. The first kappa shape index (κ1) is 19.3. The van der Waals surface area contributed by atoms with Crippen LogP contribution in [-0.4, -0.2) is 23.7 Å². The summed E-state index contributed by atoms with van der Waals surface area (Å²) in [5, 5.41) is 0. The molecule has 0 aliphatic heterocycles. The molecule has 0 bridgehead atoms. The first-order chi connectivity index (χ1) is 14.7. The standard InChI is InChI=1S/C26H19NO3/c1-30-21-14-12-18(13-15-21)24-22(25(28)19-8-4-2-5-9-19)16-27-17-23(24)26(29)20-10-6-3-7-11-20/h2-17H,1H3. The maximum absolute atomic E-state index is 13.3. The zero-order valence-corrected chi connectivity index (χ0v) is 16.4. The molecule has 0 amide bonds. The van der Waals surface area contributed by atoms with E-state index in [2.05, 4.69) is 4.98 Å². The van der Waals surface area contributed by atoms with Crippen LogP contribution in [0.5, 0.6) is 5.75 Å². The molecule has 0 N–H and O–H groups in total. The highest BCUT2D eigenvalue weighted by Crippen LogP contribution is 2.31. The molecule has 4 nitrogen and oxygen atoms in total. The number of hydrogen-bond donors (Lipinski definition) is 0. The topological polar surface area (TPSA) is 56.3 Å². The van der Waals surface area contributed by atoms with Gasteiger partial charge in [0.15, 0.2) is 11.6 Å². The summed E-state index contributed by atoms with van der Waals surface area (Å²) in [7, 11) is 1.59. The molecule has 30 heavy (non-hydrogen) atoms. The van der Waals surface area contributed by atoms with Crippen molar-refractivity contribution < 1.29 is 14.3 Å². The fourth-order valence-electron chi connectivity index (χ4n) is 3.36. The average Bonchev–Trinajstić information content (AvgIpc) is 2.84. The number of pyridine rings is 1. The molecule has 0 aliphatic carbocycles. The van der Waals surface area contributed by atoms with Crippen LogP contribution in [0.25, 0.3) is 11.1 Å². The van der Waals surface area contributed by atoms with Gasteiger partial charge in [-0.3, -0.25) is 14.6 Å². The molecule has 0 radical (unpaired) electrons. The first-order valence-electron chi connectivity index (χ1n) is 9.51. The van der Waals surface area contributed by atoms with Gasteiger partial charge in [-0.1, -0.05) is 72.8 Å². The van der Waals surface area contributed by atoms with Crippen molar-refractivity contribution in [1.82, 2.24) is 4.98 Å². The number of rotatable bonds is 6. The second-order valence-corrected chi connectivity index (χ2v) is 6.73. The van der Waals surface area contributed by atoms with E-state index in [0.717, 1.165) is 5.56 Å². The Kier molecular flexibility index (Phi) is 5.48. The smallest absolute Gasteiger partial charge is 0.195 e. The molecule has 4 heteroatoms. The van der Waals surface area contributed by atoms with Crippen molar-refractivity contribution in [3.05, 3.63) is 120 Å². The Labute approximate surface area is 174 Å². The molecule has 0 fully saturated rings. The number of nitrogens with zero attached hydrogens (tertiary/aromatic N) is 1. The summed E-state index contributed by atoms with van der Waals surface area (Å²) >= 11 is 0. The van der Waals surface area contributed by atoms with Crippen molar-refractivity contribution in [1.29, 1.82) is 0 Å². The normalized spacial score (nSPS) is 10.4. The van der Waals surface area contributed by atoms with E-state index < -0.39 is 0 Å². The highest BCUT2D eigenvalue weighted by molar-refractivity contribution is 6.19. The Bertz CT molecular complexity index is 1110. The zero-order chi connectivity index (χ0) is 20.9. The van der Waals surface area contributed by atoms with Gasteiger partial charge in [-0.2, -0.15) is 0 Å². The van der Waals surface area contributed by atoms with Crippen molar-refractivity contribution in [3.8, 4) is 16.9 Å². The Balaban J connectivity index is 1.92. The highest BCUT2D eigenvalue weighted by Gasteiger charge is 2.23. The molecule has 0 spiro atoms. The molecule has 1 heterocycles. The molecule has 0 atom stereocenters. The summed E-state index contributed by atoms with van der Waals surface area (Å²) in [5.74, 6) is 0.327. The van der Waals surface area contributed by atoms with E-state index in [-0.39, 0.29) is 11.6 Å². The first-order valence-corrected chi connectivity index (χ1v) is 9.51. The monoisotopic (exact) mass is 393 g/mol. The summed E-state index contributed by atoms with van der Waals surface area (Å²) in [6.45, 7) is 0. The fourth-order valence-corrected chi connectivity index (χ4v) is 3.36. The molecule has 0 aliphatic rings. The van der Waals surface area contributed by atoms with E-state index in [1.165, 1.54) is 12.4 Å². The van der Waals surface area contributed by atoms with E-state index >= 15 is 0 Å². The van der Waals surface area contributed by atoms with Gasteiger partial charge in [0.05, 0.1) is 7.11 Å². The molecule has 0 unspecified atom stereocenters. The minimum atomic E-state index is -0.184. The van der Waals surface area contributed by atoms with Crippen LogP contribution < -0.4 is 4.74 Å². The third-order valence-electron chi connectivity index (χ3n) is 4.89. The van der Waals surface area contributed by atoms with Crippen LogP contribution in [0.1, 0.15) is 31.8 Å². The Morgan fingerprint density at radius 2 is 1.13 bits per heavy atom. The van der Waals surface area contributed by atoms with E-state index in [9.17, 15) is 9.59 Å². The lowest BCUT2D eigenvalue weighted by Gasteiger charge is -2.14. The van der Waals surface area contributed by atoms with Gasteiger partial charge < -0.3 is 4.74 Å².